The second-order valence-electron chi connectivity index (χ2n) is 4.69. The van der Waals surface area contributed by atoms with Gasteiger partial charge in [0.05, 0.1) is 11.9 Å². The molecule has 0 atom stereocenters. The Morgan fingerprint density at radius 3 is 2.77 bits per heavy atom. The summed E-state index contributed by atoms with van der Waals surface area (Å²) in [4.78, 5) is 20.7. The third-order valence-corrected chi connectivity index (χ3v) is 5.45. The van der Waals surface area contributed by atoms with Crippen molar-refractivity contribution in [3.8, 4) is 0 Å². The number of hydrogen-bond donors (Lipinski definition) is 1. The number of anilines is 1. The molecule has 0 aliphatic heterocycles. The molecule has 0 saturated heterocycles. The molecule has 1 N–H and O–H groups in total. The Balaban J connectivity index is 2.12. The van der Waals surface area contributed by atoms with Crippen LogP contribution in [-0.4, -0.2) is 37.6 Å². The van der Waals surface area contributed by atoms with Gasteiger partial charge < -0.3 is 5.32 Å². The number of aryl methyl sites for hydroxylation is 1. The summed E-state index contributed by atoms with van der Waals surface area (Å²) in [6.45, 7) is 2.02. The Kier molecular flexibility index (Phi) is 4.77. The van der Waals surface area contributed by atoms with E-state index in [1.165, 1.54) is 7.05 Å². The highest BCUT2D eigenvalue weighted by molar-refractivity contribution is 7.92. The summed E-state index contributed by atoms with van der Waals surface area (Å²) in [5.41, 5.74) is 1.38. The summed E-state index contributed by atoms with van der Waals surface area (Å²) in [5.74, 6) is -0.285. The lowest BCUT2D eigenvalue weighted by Crippen LogP contribution is -2.24. The standard InChI is InChI=1S/C13H16N4O3S2/c1-9-11(21-13(16-9)17(2)22(3,19)20)12(18)15-8-10-5-4-6-14-7-10/h4-7H,8H2,1-3H3,(H,15,18). The molecule has 1 amide bonds. The van der Waals surface area contributed by atoms with Gasteiger partial charge in [-0.3, -0.25) is 9.78 Å². The lowest BCUT2D eigenvalue weighted by molar-refractivity contribution is 0.0954. The number of hydrogen-bond acceptors (Lipinski definition) is 6. The van der Waals surface area contributed by atoms with E-state index in [0.717, 1.165) is 27.5 Å². The SMILES string of the molecule is Cc1nc(N(C)S(C)(=O)=O)sc1C(=O)NCc1cccnc1. The minimum Gasteiger partial charge on any atom is -0.347 e. The van der Waals surface area contributed by atoms with Gasteiger partial charge in [-0.1, -0.05) is 17.4 Å². The van der Waals surface area contributed by atoms with E-state index in [-0.39, 0.29) is 11.0 Å². The van der Waals surface area contributed by atoms with Crippen LogP contribution in [0.4, 0.5) is 5.13 Å². The summed E-state index contributed by atoms with van der Waals surface area (Å²) >= 11 is 1.05. The van der Waals surface area contributed by atoms with Gasteiger partial charge in [-0.2, -0.15) is 0 Å². The smallest absolute Gasteiger partial charge is 0.263 e. The molecule has 22 heavy (non-hydrogen) atoms. The molecule has 0 unspecified atom stereocenters. The van der Waals surface area contributed by atoms with E-state index >= 15 is 0 Å². The Hall–Kier alpha value is -2.00. The van der Waals surface area contributed by atoms with Crippen LogP contribution in [-0.2, 0) is 16.6 Å². The molecule has 2 aromatic rings. The molecule has 2 heterocycles. The lowest BCUT2D eigenvalue weighted by Gasteiger charge is -2.11. The first-order valence-electron chi connectivity index (χ1n) is 6.37. The fourth-order valence-corrected chi connectivity index (χ4v) is 3.33. The van der Waals surface area contributed by atoms with Crippen molar-refractivity contribution in [2.24, 2.45) is 0 Å². The molecule has 2 rings (SSSR count). The number of nitrogens with one attached hydrogen (secondary N) is 1. The number of rotatable bonds is 5. The van der Waals surface area contributed by atoms with Crippen molar-refractivity contribution in [3.63, 3.8) is 0 Å². The highest BCUT2D eigenvalue weighted by Gasteiger charge is 2.21. The summed E-state index contributed by atoms with van der Waals surface area (Å²) in [6.07, 6.45) is 4.42. The molecule has 0 saturated carbocycles. The van der Waals surface area contributed by atoms with Crippen molar-refractivity contribution < 1.29 is 13.2 Å². The van der Waals surface area contributed by atoms with E-state index < -0.39 is 10.0 Å². The van der Waals surface area contributed by atoms with Gasteiger partial charge in [0.1, 0.15) is 4.88 Å². The molecule has 2 aromatic heterocycles. The molecule has 0 aliphatic rings. The summed E-state index contributed by atoms with van der Waals surface area (Å²) < 4.78 is 24.1. The van der Waals surface area contributed by atoms with Crippen LogP contribution in [0.15, 0.2) is 24.5 Å². The van der Waals surface area contributed by atoms with Crippen LogP contribution in [0.5, 0.6) is 0 Å². The molecule has 7 nitrogen and oxygen atoms in total. The first kappa shape index (κ1) is 16.4. The Labute approximate surface area is 133 Å². The van der Waals surface area contributed by atoms with E-state index in [9.17, 15) is 13.2 Å². The highest BCUT2D eigenvalue weighted by atomic mass is 32.2. The maximum Gasteiger partial charge on any atom is 0.263 e. The second-order valence-corrected chi connectivity index (χ2v) is 7.68. The third-order valence-electron chi connectivity index (χ3n) is 2.93. The van der Waals surface area contributed by atoms with E-state index in [0.29, 0.717) is 17.1 Å². The predicted octanol–water partition coefficient (Wildman–Crippen LogP) is 1.17. The van der Waals surface area contributed by atoms with Gasteiger partial charge in [-0.05, 0) is 18.6 Å². The molecule has 9 heteroatoms. The maximum atomic E-state index is 12.2. The molecule has 0 aromatic carbocycles. The molecule has 0 bridgehead atoms. The second kappa shape index (κ2) is 6.41. The van der Waals surface area contributed by atoms with Crippen molar-refractivity contribution in [3.05, 3.63) is 40.7 Å². The predicted molar refractivity (Wildman–Crippen MR) is 85.5 cm³/mol. The fourth-order valence-electron chi connectivity index (χ4n) is 1.63. The Bertz CT molecular complexity index is 772. The topological polar surface area (TPSA) is 92.3 Å². The van der Waals surface area contributed by atoms with Crippen LogP contribution in [0.1, 0.15) is 20.9 Å². The van der Waals surface area contributed by atoms with Crippen molar-refractivity contribution in [2.45, 2.75) is 13.5 Å². The van der Waals surface area contributed by atoms with E-state index in [1.54, 1.807) is 25.4 Å². The van der Waals surface area contributed by atoms with Crippen molar-refractivity contribution in [1.29, 1.82) is 0 Å². The van der Waals surface area contributed by atoms with Gasteiger partial charge in [-0.25, -0.2) is 17.7 Å². The largest absolute Gasteiger partial charge is 0.347 e. The maximum absolute atomic E-state index is 12.2. The van der Waals surface area contributed by atoms with Gasteiger partial charge in [0.25, 0.3) is 5.91 Å². The molecule has 0 radical (unpaired) electrons. The molecular weight excluding hydrogens is 324 g/mol. The summed E-state index contributed by atoms with van der Waals surface area (Å²) in [6, 6.07) is 3.65. The van der Waals surface area contributed by atoms with Crippen LogP contribution in [0, 0.1) is 6.92 Å². The molecule has 0 fully saturated rings. The van der Waals surface area contributed by atoms with E-state index in [4.69, 9.17) is 0 Å². The monoisotopic (exact) mass is 340 g/mol. The van der Waals surface area contributed by atoms with Crippen molar-refractivity contribution in [1.82, 2.24) is 15.3 Å². The van der Waals surface area contributed by atoms with Crippen molar-refractivity contribution >= 4 is 32.4 Å². The number of aromatic nitrogens is 2. The number of amides is 1. The zero-order valence-electron chi connectivity index (χ0n) is 12.4. The molecular formula is C13H16N4O3S2. The van der Waals surface area contributed by atoms with Gasteiger partial charge >= 0.3 is 0 Å². The van der Waals surface area contributed by atoms with Gasteiger partial charge in [0.2, 0.25) is 10.0 Å². The number of sulfonamides is 1. The number of thiazole rings is 1. The van der Waals surface area contributed by atoms with Crippen LogP contribution in [0.25, 0.3) is 0 Å². The highest BCUT2D eigenvalue weighted by Crippen LogP contribution is 2.26. The molecule has 0 spiro atoms. The summed E-state index contributed by atoms with van der Waals surface area (Å²) in [5, 5.41) is 3.04. The molecule has 118 valence electrons. The van der Waals surface area contributed by atoms with E-state index in [1.807, 2.05) is 6.07 Å². The van der Waals surface area contributed by atoms with Crippen LogP contribution < -0.4 is 9.62 Å². The number of nitrogens with zero attached hydrogens (tertiary/aromatic N) is 3. The number of carbonyl (C=O) groups is 1. The van der Waals surface area contributed by atoms with Gasteiger partial charge in [0.15, 0.2) is 5.13 Å². The van der Waals surface area contributed by atoms with Crippen molar-refractivity contribution in [2.75, 3.05) is 17.6 Å². The number of pyridine rings is 1. The first-order valence-corrected chi connectivity index (χ1v) is 9.04. The zero-order valence-corrected chi connectivity index (χ0v) is 14.0. The zero-order chi connectivity index (χ0) is 16.3. The fraction of sp³-hybridized carbons (Fsp3) is 0.308. The van der Waals surface area contributed by atoms with Crippen LogP contribution >= 0.6 is 11.3 Å². The normalized spacial score (nSPS) is 11.2. The average Bonchev–Trinajstić information content (AvgIpc) is 2.86. The minimum atomic E-state index is -3.40. The summed E-state index contributed by atoms with van der Waals surface area (Å²) in [7, 11) is -1.99. The average molecular weight is 340 g/mol. The quantitative estimate of drug-likeness (QED) is 0.882. The van der Waals surface area contributed by atoms with Crippen LogP contribution in [0.2, 0.25) is 0 Å². The Morgan fingerprint density at radius 2 is 2.18 bits per heavy atom. The lowest BCUT2D eigenvalue weighted by atomic mass is 10.3. The van der Waals surface area contributed by atoms with Gasteiger partial charge in [0, 0.05) is 26.0 Å². The minimum absolute atomic E-state index is 0.270. The third kappa shape index (κ3) is 3.80. The van der Waals surface area contributed by atoms with Crippen LogP contribution in [0.3, 0.4) is 0 Å². The molecule has 0 aliphatic carbocycles. The number of carbonyl (C=O) groups excluding carboxylic acids is 1. The first-order chi connectivity index (χ1) is 10.3. The van der Waals surface area contributed by atoms with E-state index in [2.05, 4.69) is 15.3 Å². The van der Waals surface area contributed by atoms with Gasteiger partial charge in [-0.15, -0.1) is 0 Å². The Morgan fingerprint density at radius 1 is 1.45 bits per heavy atom.